The van der Waals surface area contributed by atoms with Crippen molar-refractivity contribution in [2.75, 3.05) is 0 Å². The van der Waals surface area contributed by atoms with Gasteiger partial charge in [0.05, 0.1) is 22.1 Å². The molecule has 0 saturated heterocycles. The number of fused-ring (bicyclic) bond motifs is 6. The van der Waals surface area contributed by atoms with Gasteiger partial charge in [0.1, 0.15) is 0 Å². The van der Waals surface area contributed by atoms with E-state index in [0.29, 0.717) is 0 Å². The maximum Gasteiger partial charge on any atom is 0.0542 e. The second-order valence-corrected chi connectivity index (χ2v) is 10.7. The molecule has 0 atom stereocenters. The van der Waals surface area contributed by atoms with E-state index in [1.54, 1.807) is 0 Å². The minimum absolute atomic E-state index is 0.135. The third kappa shape index (κ3) is 3.04. The van der Waals surface area contributed by atoms with Gasteiger partial charge >= 0.3 is 0 Å². The van der Waals surface area contributed by atoms with Gasteiger partial charge < -0.3 is 9.13 Å². The zero-order valence-electron chi connectivity index (χ0n) is 20.9. The summed E-state index contributed by atoms with van der Waals surface area (Å²) in [6, 6.07) is 42.1. The summed E-state index contributed by atoms with van der Waals surface area (Å²) in [5, 5.41) is 5.11. The van der Waals surface area contributed by atoms with E-state index in [1.807, 2.05) is 0 Å². The SMILES string of the molecule is CC(C)(C)c1ccc(-n2c3ccccc3c3cc(-n4c5ccccc5c5ccccc54)ccc32)cc1. The Kier molecular flexibility index (Phi) is 4.44. The third-order valence-corrected chi connectivity index (χ3v) is 7.49. The molecule has 0 fully saturated rings. The molecule has 7 rings (SSSR count). The summed E-state index contributed by atoms with van der Waals surface area (Å²) in [7, 11) is 0. The van der Waals surface area contributed by atoms with Crippen LogP contribution in [0.25, 0.3) is 55.0 Å². The highest BCUT2D eigenvalue weighted by Crippen LogP contribution is 2.37. The van der Waals surface area contributed by atoms with E-state index in [2.05, 4.69) is 145 Å². The molecule has 0 spiro atoms. The van der Waals surface area contributed by atoms with Gasteiger partial charge in [0.2, 0.25) is 0 Å². The summed E-state index contributed by atoms with van der Waals surface area (Å²) in [6.45, 7) is 6.79. The lowest BCUT2D eigenvalue weighted by Crippen LogP contribution is -2.10. The standard InChI is InChI=1S/C34H28N2/c1-34(2,3)23-16-18-24(19-17-23)35-32-15-9-6-12-28(32)29-22-25(20-21-33(29)35)36-30-13-7-4-10-26(30)27-11-5-8-14-31(27)36/h4-22H,1-3H3. The molecule has 2 heteroatoms. The lowest BCUT2D eigenvalue weighted by atomic mass is 9.87. The van der Waals surface area contributed by atoms with Crippen LogP contribution in [0.3, 0.4) is 0 Å². The van der Waals surface area contributed by atoms with Crippen molar-refractivity contribution in [2.45, 2.75) is 26.2 Å². The summed E-state index contributed by atoms with van der Waals surface area (Å²) in [4.78, 5) is 0. The van der Waals surface area contributed by atoms with Gasteiger partial charge in [0.25, 0.3) is 0 Å². The highest BCUT2D eigenvalue weighted by Gasteiger charge is 2.17. The van der Waals surface area contributed by atoms with Gasteiger partial charge in [-0.1, -0.05) is 87.5 Å². The molecule has 0 aliphatic heterocycles. The Hall–Kier alpha value is -4.30. The quantitative estimate of drug-likeness (QED) is 0.241. The topological polar surface area (TPSA) is 9.86 Å². The molecule has 0 saturated carbocycles. The van der Waals surface area contributed by atoms with Crippen LogP contribution < -0.4 is 0 Å². The second kappa shape index (κ2) is 7.60. The Morgan fingerprint density at radius 1 is 0.417 bits per heavy atom. The number of rotatable bonds is 2. The van der Waals surface area contributed by atoms with Crippen molar-refractivity contribution in [3.05, 3.63) is 121 Å². The van der Waals surface area contributed by atoms with Gasteiger partial charge in [-0.3, -0.25) is 0 Å². The molecule has 7 aromatic rings. The molecule has 5 aromatic carbocycles. The molecule has 0 N–H and O–H groups in total. The van der Waals surface area contributed by atoms with Crippen LogP contribution in [-0.4, -0.2) is 9.13 Å². The fraction of sp³-hybridized carbons (Fsp3) is 0.118. The predicted octanol–water partition coefficient (Wildman–Crippen LogP) is 9.18. The van der Waals surface area contributed by atoms with Crippen molar-refractivity contribution in [3.63, 3.8) is 0 Å². The molecule has 0 aliphatic carbocycles. The number of aromatic nitrogens is 2. The van der Waals surface area contributed by atoms with Gasteiger partial charge in [-0.15, -0.1) is 0 Å². The first kappa shape index (κ1) is 21.0. The summed E-state index contributed by atoms with van der Waals surface area (Å²) in [5.41, 5.74) is 8.79. The van der Waals surface area contributed by atoms with Gasteiger partial charge in [-0.25, -0.2) is 0 Å². The van der Waals surface area contributed by atoms with E-state index >= 15 is 0 Å². The van der Waals surface area contributed by atoms with E-state index in [-0.39, 0.29) is 5.41 Å². The molecule has 2 nitrogen and oxygen atoms in total. The van der Waals surface area contributed by atoms with Crippen molar-refractivity contribution in [1.29, 1.82) is 0 Å². The monoisotopic (exact) mass is 464 g/mol. The predicted molar refractivity (Wildman–Crippen MR) is 154 cm³/mol. The first-order chi connectivity index (χ1) is 17.5. The summed E-state index contributed by atoms with van der Waals surface area (Å²) < 4.78 is 4.79. The molecule has 2 aromatic heterocycles. The van der Waals surface area contributed by atoms with Crippen molar-refractivity contribution in [3.8, 4) is 11.4 Å². The fourth-order valence-electron chi connectivity index (χ4n) is 5.69. The minimum Gasteiger partial charge on any atom is -0.309 e. The molecule has 0 amide bonds. The highest BCUT2D eigenvalue weighted by atomic mass is 15.0. The van der Waals surface area contributed by atoms with E-state index in [1.165, 1.54) is 60.5 Å². The minimum atomic E-state index is 0.135. The Labute approximate surface area is 211 Å². The molecule has 174 valence electrons. The van der Waals surface area contributed by atoms with Crippen LogP contribution in [0.1, 0.15) is 26.3 Å². The van der Waals surface area contributed by atoms with Crippen molar-refractivity contribution in [2.24, 2.45) is 0 Å². The number of nitrogens with zero attached hydrogens (tertiary/aromatic N) is 2. The normalized spacial score (nSPS) is 12.3. The zero-order valence-corrected chi connectivity index (χ0v) is 20.9. The number of benzene rings is 5. The molecule has 0 radical (unpaired) electrons. The van der Waals surface area contributed by atoms with E-state index in [9.17, 15) is 0 Å². The Bertz CT molecular complexity index is 1850. The maximum atomic E-state index is 2.40. The van der Waals surface area contributed by atoms with Gasteiger partial charge in [-0.2, -0.15) is 0 Å². The maximum absolute atomic E-state index is 2.40. The first-order valence-electron chi connectivity index (χ1n) is 12.6. The molecular formula is C34H28N2. The number of hydrogen-bond acceptors (Lipinski definition) is 0. The molecule has 0 unspecified atom stereocenters. The van der Waals surface area contributed by atoms with Gasteiger partial charge in [0, 0.05) is 32.9 Å². The van der Waals surface area contributed by atoms with Crippen molar-refractivity contribution < 1.29 is 0 Å². The molecule has 36 heavy (non-hydrogen) atoms. The van der Waals surface area contributed by atoms with Crippen molar-refractivity contribution >= 4 is 43.6 Å². The first-order valence-corrected chi connectivity index (χ1v) is 12.6. The summed E-state index contributed by atoms with van der Waals surface area (Å²) in [5.74, 6) is 0. The Morgan fingerprint density at radius 3 is 1.36 bits per heavy atom. The summed E-state index contributed by atoms with van der Waals surface area (Å²) >= 11 is 0. The van der Waals surface area contributed by atoms with Crippen LogP contribution in [0.5, 0.6) is 0 Å². The average molecular weight is 465 g/mol. The van der Waals surface area contributed by atoms with Gasteiger partial charge in [-0.05, 0) is 59.5 Å². The fourth-order valence-corrected chi connectivity index (χ4v) is 5.69. The molecule has 0 aliphatic rings. The van der Waals surface area contributed by atoms with E-state index in [0.717, 1.165) is 0 Å². The van der Waals surface area contributed by atoms with E-state index in [4.69, 9.17) is 0 Å². The highest BCUT2D eigenvalue weighted by molar-refractivity contribution is 6.12. The lowest BCUT2D eigenvalue weighted by molar-refractivity contribution is 0.590. The lowest BCUT2D eigenvalue weighted by Gasteiger charge is -2.19. The van der Waals surface area contributed by atoms with Crippen LogP contribution in [0.15, 0.2) is 115 Å². The zero-order chi connectivity index (χ0) is 24.4. The third-order valence-electron chi connectivity index (χ3n) is 7.49. The number of hydrogen-bond donors (Lipinski definition) is 0. The van der Waals surface area contributed by atoms with Crippen LogP contribution in [0, 0.1) is 0 Å². The smallest absolute Gasteiger partial charge is 0.0542 e. The van der Waals surface area contributed by atoms with Crippen LogP contribution >= 0.6 is 0 Å². The number of para-hydroxylation sites is 3. The molecular weight excluding hydrogens is 436 g/mol. The Balaban J connectivity index is 1.50. The second-order valence-electron chi connectivity index (χ2n) is 10.7. The molecule has 2 heterocycles. The largest absolute Gasteiger partial charge is 0.309 e. The van der Waals surface area contributed by atoms with Crippen molar-refractivity contribution in [1.82, 2.24) is 9.13 Å². The summed E-state index contributed by atoms with van der Waals surface area (Å²) in [6.07, 6.45) is 0. The van der Waals surface area contributed by atoms with E-state index < -0.39 is 0 Å². The van der Waals surface area contributed by atoms with Crippen LogP contribution in [0.4, 0.5) is 0 Å². The van der Waals surface area contributed by atoms with Gasteiger partial charge in [0.15, 0.2) is 0 Å². The van der Waals surface area contributed by atoms with Crippen LogP contribution in [-0.2, 0) is 5.41 Å². The average Bonchev–Trinajstić information content (AvgIpc) is 3.41. The Morgan fingerprint density at radius 2 is 0.833 bits per heavy atom. The van der Waals surface area contributed by atoms with Crippen LogP contribution in [0.2, 0.25) is 0 Å². The molecule has 0 bridgehead atoms.